The van der Waals surface area contributed by atoms with Crippen LogP contribution in [0.1, 0.15) is 19.4 Å². The van der Waals surface area contributed by atoms with Crippen LogP contribution >= 0.6 is 0 Å². The minimum Gasteiger partial charge on any atom is -0.486 e. The fourth-order valence-corrected chi connectivity index (χ4v) is 2.99. The van der Waals surface area contributed by atoms with Gasteiger partial charge >= 0.3 is 0 Å². The number of nitrogens with two attached hydrogens (primary N) is 1. The molecule has 0 bridgehead atoms. The summed E-state index contributed by atoms with van der Waals surface area (Å²) in [5.74, 6) is 0.726. The van der Waals surface area contributed by atoms with Crippen molar-refractivity contribution >= 4 is 17.4 Å². The summed E-state index contributed by atoms with van der Waals surface area (Å²) in [5.41, 5.74) is 7.90. The van der Waals surface area contributed by atoms with E-state index in [9.17, 15) is 4.79 Å². The molecular weight excluding hydrogens is 330 g/mol. The van der Waals surface area contributed by atoms with E-state index in [1.165, 1.54) is 5.56 Å². The molecule has 2 aromatic carbocycles. The lowest BCUT2D eigenvalue weighted by Crippen LogP contribution is -2.42. The minimum absolute atomic E-state index is 0.0911. The Bertz CT molecular complexity index is 792. The maximum absolute atomic E-state index is 12.8. The molecule has 2 atom stereocenters. The lowest BCUT2D eigenvalue weighted by Gasteiger charge is -2.25. The number of hydrogen-bond donors (Lipinski definition) is 1. The van der Waals surface area contributed by atoms with E-state index in [4.69, 9.17) is 15.3 Å². The second-order valence-electron chi connectivity index (χ2n) is 6.32. The molecule has 2 N–H and O–H groups in total. The highest BCUT2D eigenvalue weighted by Gasteiger charge is 2.33. The van der Waals surface area contributed by atoms with Gasteiger partial charge in [0.2, 0.25) is 6.10 Å². The molecule has 2 unspecified atom stereocenters. The molecule has 136 valence electrons. The molecule has 1 aliphatic rings. The summed E-state index contributed by atoms with van der Waals surface area (Å²) < 4.78 is 5.49. The molecule has 1 amide bonds. The number of anilines is 1. The molecule has 1 heterocycles. The van der Waals surface area contributed by atoms with Crippen molar-refractivity contribution in [3.8, 4) is 5.75 Å². The molecule has 6 heteroatoms. The number of para-hydroxylation sites is 2. The normalized spacial score (nSPS) is 17.5. The highest BCUT2D eigenvalue weighted by atomic mass is 16.6. The Kier molecular flexibility index (Phi) is 5.41. The molecule has 2 aromatic rings. The summed E-state index contributed by atoms with van der Waals surface area (Å²) in [4.78, 5) is 19.9. The summed E-state index contributed by atoms with van der Waals surface area (Å²) >= 11 is 0. The van der Waals surface area contributed by atoms with Crippen molar-refractivity contribution in [1.82, 2.24) is 0 Å². The largest absolute Gasteiger partial charge is 0.486 e. The molecule has 6 nitrogen and oxygen atoms in total. The van der Waals surface area contributed by atoms with Gasteiger partial charge in [0, 0.05) is 11.7 Å². The first-order valence-corrected chi connectivity index (χ1v) is 8.63. The second kappa shape index (κ2) is 7.91. The van der Waals surface area contributed by atoms with Crippen molar-refractivity contribution in [2.75, 3.05) is 11.5 Å². The van der Waals surface area contributed by atoms with Crippen molar-refractivity contribution in [2.45, 2.75) is 32.4 Å². The van der Waals surface area contributed by atoms with Gasteiger partial charge in [0.25, 0.3) is 5.91 Å². The van der Waals surface area contributed by atoms with Crippen molar-refractivity contribution < 1.29 is 14.4 Å². The number of hydrogen-bond acceptors (Lipinski definition) is 4. The van der Waals surface area contributed by atoms with Gasteiger partial charge in [0.05, 0.1) is 0 Å². The zero-order valence-corrected chi connectivity index (χ0v) is 15.0. The van der Waals surface area contributed by atoms with Crippen LogP contribution in [-0.4, -0.2) is 30.5 Å². The van der Waals surface area contributed by atoms with Gasteiger partial charge in [0.15, 0.2) is 5.84 Å². The van der Waals surface area contributed by atoms with Gasteiger partial charge in [-0.05, 0) is 44.0 Å². The third-order valence-electron chi connectivity index (χ3n) is 4.25. The molecule has 3 rings (SSSR count). The molecule has 1 aliphatic heterocycles. The van der Waals surface area contributed by atoms with Crippen molar-refractivity contribution in [1.29, 1.82) is 0 Å². The van der Waals surface area contributed by atoms with E-state index in [0.717, 1.165) is 12.1 Å². The van der Waals surface area contributed by atoms with E-state index in [1.54, 1.807) is 11.8 Å². The van der Waals surface area contributed by atoms with Crippen LogP contribution in [-0.2, 0) is 16.1 Å². The summed E-state index contributed by atoms with van der Waals surface area (Å²) in [6.07, 6.45) is 0.101. The van der Waals surface area contributed by atoms with Gasteiger partial charge < -0.3 is 20.2 Å². The van der Waals surface area contributed by atoms with Crippen molar-refractivity contribution in [3.05, 3.63) is 60.2 Å². The Morgan fingerprint density at radius 1 is 1.23 bits per heavy atom. The Balaban J connectivity index is 1.57. The van der Waals surface area contributed by atoms with Crippen LogP contribution in [0.25, 0.3) is 0 Å². The van der Waals surface area contributed by atoms with Crippen molar-refractivity contribution in [2.24, 2.45) is 10.9 Å². The number of carbonyl (C=O) groups is 1. The van der Waals surface area contributed by atoms with E-state index >= 15 is 0 Å². The summed E-state index contributed by atoms with van der Waals surface area (Å²) in [6, 6.07) is 17.3. The molecule has 0 aromatic heterocycles. The quantitative estimate of drug-likeness (QED) is 0.492. The van der Waals surface area contributed by atoms with Gasteiger partial charge in [0.1, 0.15) is 12.4 Å². The molecule has 0 spiro atoms. The standard InChI is InChI=1S/C20H23N3O3/c1-14-12-16-8-6-7-11-18(16)23(14)20(24)15(2)26-22-19(21)13-25-17-9-4-3-5-10-17/h3-11,14-15H,12-13H2,1-2H3,(H2,21,22). The molecule has 0 fully saturated rings. The number of nitrogens with zero attached hydrogens (tertiary/aromatic N) is 2. The fourth-order valence-electron chi connectivity index (χ4n) is 2.99. The van der Waals surface area contributed by atoms with Crippen LogP contribution < -0.4 is 15.4 Å². The summed E-state index contributed by atoms with van der Waals surface area (Å²) in [5, 5.41) is 3.83. The minimum atomic E-state index is -0.737. The average molecular weight is 353 g/mol. The van der Waals surface area contributed by atoms with Gasteiger partial charge in [-0.2, -0.15) is 0 Å². The van der Waals surface area contributed by atoms with E-state index in [0.29, 0.717) is 5.75 Å². The maximum atomic E-state index is 12.8. The molecule has 26 heavy (non-hydrogen) atoms. The Morgan fingerprint density at radius 2 is 1.92 bits per heavy atom. The van der Waals surface area contributed by atoms with E-state index in [-0.39, 0.29) is 24.4 Å². The first-order valence-electron chi connectivity index (χ1n) is 8.63. The number of rotatable bonds is 6. The van der Waals surface area contributed by atoms with Crippen LogP contribution in [0, 0.1) is 0 Å². The predicted molar refractivity (Wildman–Crippen MR) is 101 cm³/mol. The van der Waals surface area contributed by atoms with Gasteiger partial charge in [-0.15, -0.1) is 0 Å². The van der Waals surface area contributed by atoms with Crippen LogP contribution in [0.2, 0.25) is 0 Å². The zero-order valence-electron chi connectivity index (χ0n) is 15.0. The van der Waals surface area contributed by atoms with Crippen LogP contribution in [0.4, 0.5) is 5.69 Å². The molecular formula is C20H23N3O3. The van der Waals surface area contributed by atoms with Crippen LogP contribution in [0.3, 0.4) is 0 Å². The molecule has 0 radical (unpaired) electrons. The van der Waals surface area contributed by atoms with Crippen molar-refractivity contribution in [3.63, 3.8) is 0 Å². The van der Waals surface area contributed by atoms with Crippen LogP contribution in [0.15, 0.2) is 59.8 Å². The number of carbonyl (C=O) groups excluding carboxylic acids is 1. The monoisotopic (exact) mass is 353 g/mol. The zero-order chi connectivity index (χ0) is 18.5. The van der Waals surface area contributed by atoms with E-state index < -0.39 is 6.10 Å². The van der Waals surface area contributed by atoms with Gasteiger partial charge in [-0.3, -0.25) is 4.79 Å². The second-order valence-corrected chi connectivity index (χ2v) is 6.32. The lowest BCUT2D eigenvalue weighted by molar-refractivity contribution is -0.129. The third kappa shape index (κ3) is 3.96. The Labute approximate surface area is 153 Å². The SMILES string of the molecule is CC(O/N=C(\N)COc1ccccc1)C(=O)N1c2ccccc2CC1C. The third-order valence-corrected chi connectivity index (χ3v) is 4.25. The first kappa shape index (κ1) is 17.8. The number of benzene rings is 2. The fraction of sp³-hybridized carbons (Fsp3) is 0.300. The van der Waals surface area contributed by atoms with Crippen LogP contribution in [0.5, 0.6) is 5.75 Å². The smallest absolute Gasteiger partial charge is 0.270 e. The van der Waals surface area contributed by atoms with E-state index in [1.807, 2.05) is 61.5 Å². The summed E-state index contributed by atoms with van der Waals surface area (Å²) in [7, 11) is 0. The number of ether oxygens (including phenoxy) is 1. The predicted octanol–water partition coefficient (Wildman–Crippen LogP) is 2.72. The number of amidine groups is 1. The Hall–Kier alpha value is -3.02. The number of oxime groups is 1. The maximum Gasteiger partial charge on any atom is 0.270 e. The first-order chi connectivity index (χ1) is 12.6. The van der Waals surface area contributed by atoms with E-state index in [2.05, 4.69) is 5.16 Å². The number of fused-ring (bicyclic) bond motifs is 1. The topological polar surface area (TPSA) is 77.1 Å². The lowest BCUT2D eigenvalue weighted by atomic mass is 10.1. The molecule has 0 aliphatic carbocycles. The van der Waals surface area contributed by atoms with Gasteiger partial charge in [-0.1, -0.05) is 41.6 Å². The highest BCUT2D eigenvalue weighted by molar-refractivity contribution is 5.98. The van der Waals surface area contributed by atoms with Gasteiger partial charge in [-0.25, -0.2) is 0 Å². The number of amides is 1. The molecule has 0 saturated heterocycles. The highest BCUT2D eigenvalue weighted by Crippen LogP contribution is 2.32. The summed E-state index contributed by atoms with van der Waals surface area (Å²) in [6.45, 7) is 3.79. The Morgan fingerprint density at radius 3 is 2.69 bits per heavy atom. The average Bonchev–Trinajstić information content (AvgIpc) is 3.00. The molecule has 0 saturated carbocycles.